The Morgan fingerprint density at radius 1 is 0.815 bits per heavy atom. The third kappa shape index (κ3) is 2.89. The van der Waals surface area contributed by atoms with Gasteiger partial charge in [0.25, 0.3) is 0 Å². The number of carbonyl (C=O) groups is 1. The summed E-state index contributed by atoms with van der Waals surface area (Å²) in [5.41, 5.74) is 4.13. The first-order valence-electron chi connectivity index (χ1n) is 9.32. The van der Waals surface area contributed by atoms with E-state index in [1.54, 1.807) is 0 Å². The third-order valence-corrected chi connectivity index (χ3v) is 5.63. The van der Waals surface area contributed by atoms with Gasteiger partial charge in [0, 0.05) is 6.42 Å². The third-order valence-electron chi connectivity index (χ3n) is 5.63. The van der Waals surface area contributed by atoms with Crippen LogP contribution in [0, 0.1) is 0 Å². The quantitative estimate of drug-likeness (QED) is 0.650. The first-order chi connectivity index (χ1) is 13.2. The maximum Gasteiger partial charge on any atom is 0.231 e. The second-order valence-electron chi connectivity index (χ2n) is 7.31. The smallest absolute Gasteiger partial charge is 0.231 e. The fourth-order valence-corrected chi connectivity index (χ4v) is 3.85. The van der Waals surface area contributed by atoms with E-state index in [0.29, 0.717) is 6.42 Å². The molecule has 0 unspecified atom stereocenters. The van der Waals surface area contributed by atoms with Gasteiger partial charge in [-0.2, -0.15) is 0 Å². The van der Waals surface area contributed by atoms with Gasteiger partial charge in [0.15, 0.2) is 11.5 Å². The highest BCUT2D eigenvalue weighted by Gasteiger charge is 2.50. The van der Waals surface area contributed by atoms with Crippen molar-refractivity contribution < 1.29 is 14.3 Å². The van der Waals surface area contributed by atoms with Gasteiger partial charge in [-0.25, -0.2) is 0 Å². The van der Waals surface area contributed by atoms with Crippen molar-refractivity contribution in [2.45, 2.75) is 24.7 Å². The Hall–Kier alpha value is -3.07. The highest BCUT2D eigenvalue weighted by atomic mass is 16.7. The Labute approximate surface area is 158 Å². The Balaban J connectivity index is 1.34. The van der Waals surface area contributed by atoms with Gasteiger partial charge in [-0.15, -0.1) is 0 Å². The van der Waals surface area contributed by atoms with Gasteiger partial charge in [-0.1, -0.05) is 60.7 Å². The standard InChI is InChI=1S/C24H20O3/c25-23(14-17-6-8-19(9-7-17)18-4-2-1-3-5-18)24(12-13-24)20-10-11-21-22(15-20)27-16-26-21/h1-11,15H,12-14,16H2. The minimum Gasteiger partial charge on any atom is -0.454 e. The van der Waals surface area contributed by atoms with Crippen molar-refractivity contribution in [2.24, 2.45) is 0 Å². The summed E-state index contributed by atoms with van der Waals surface area (Å²) in [4.78, 5) is 13.1. The average Bonchev–Trinajstić information content (AvgIpc) is 3.40. The minimum absolute atomic E-state index is 0.257. The van der Waals surface area contributed by atoms with E-state index in [1.807, 2.05) is 36.4 Å². The number of benzene rings is 3. The van der Waals surface area contributed by atoms with Gasteiger partial charge in [0.1, 0.15) is 5.78 Å². The summed E-state index contributed by atoms with van der Waals surface area (Å²) >= 11 is 0. The molecule has 1 aliphatic heterocycles. The zero-order valence-corrected chi connectivity index (χ0v) is 15.0. The molecular formula is C24H20O3. The Morgan fingerprint density at radius 2 is 1.52 bits per heavy atom. The lowest BCUT2D eigenvalue weighted by Gasteiger charge is -2.15. The van der Waals surface area contributed by atoms with E-state index in [-0.39, 0.29) is 18.0 Å². The van der Waals surface area contributed by atoms with E-state index < -0.39 is 0 Å². The first-order valence-corrected chi connectivity index (χ1v) is 9.32. The molecule has 5 rings (SSSR count). The van der Waals surface area contributed by atoms with E-state index >= 15 is 0 Å². The minimum atomic E-state index is -0.348. The Kier molecular flexibility index (Phi) is 3.75. The molecule has 2 aliphatic rings. The summed E-state index contributed by atoms with van der Waals surface area (Å²) in [6, 6.07) is 24.5. The van der Waals surface area contributed by atoms with Crippen molar-refractivity contribution in [3.05, 3.63) is 83.9 Å². The highest BCUT2D eigenvalue weighted by Crippen LogP contribution is 2.51. The monoisotopic (exact) mass is 356 g/mol. The molecule has 1 fully saturated rings. The van der Waals surface area contributed by atoms with Crippen LogP contribution in [0.5, 0.6) is 11.5 Å². The molecule has 0 aromatic heterocycles. The van der Waals surface area contributed by atoms with Crippen LogP contribution >= 0.6 is 0 Å². The van der Waals surface area contributed by atoms with Crippen molar-refractivity contribution in [1.82, 2.24) is 0 Å². The Morgan fingerprint density at radius 3 is 2.26 bits per heavy atom. The zero-order chi connectivity index (χ0) is 18.3. The predicted octanol–water partition coefficient (Wildman–Crippen LogP) is 4.93. The summed E-state index contributed by atoms with van der Waals surface area (Å²) in [7, 11) is 0. The first kappa shape index (κ1) is 16.1. The van der Waals surface area contributed by atoms with Gasteiger partial charge < -0.3 is 9.47 Å². The van der Waals surface area contributed by atoms with E-state index in [9.17, 15) is 4.79 Å². The normalized spacial score (nSPS) is 16.1. The van der Waals surface area contributed by atoms with Crippen LogP contribution in [0.15, 0.2) is 72.8 Å². The maximum atomic E-state index is 13.1. The second-order valence-corrected chi connectivity index (χ2v) is 7.31. The molecule has 3 nitrogen and oxygen atoms in total. The molecule has 0 amide bonds. The summed E-state index contributed by atoms with van der Waals surface area (Å²) in [6.45, 7) is 0.257. The second kappa shape index (κ2) is 6.27. The van der Waals surface area contributed by atoms with Gasteiger partial charge >= 0.3 is 0 Å². The number of ether oxygens (including phenoxy) is 2. The lowest BCUT2D eigenvalue weighted by Crippen LogP contribution is -2.22. The van der Waals surface area contributed by atoms with Crippen molar-refractivity contribution in [1.29, 1.82) is 0 Å². The van der Waals surface area contributed by atoms with Crippen LogP contribution in [0.25, 0.3) is 11.1 Å². The molecule has 1 aliphatic carbocycles. The van der Waals surface area contributed by atoms with Crippen molar-refractivity contribution >= 4 is 5.78 Å². The van der Waals surface area contributed by atoms with Crippen LogP contribution in [-0.2, 0) is 16.6 Å². The highest BCUT2D eigenvalue weighted by molar-refractivity contribution is 5.94. The molecule has 0 radical (unpaired) electrons. The molecule has 134 valence electrons. The van der Waals surface area contributed by atoms with Crippen LogP contribution < -0.4 is 9.47 Å². The number of hydrogen-bond donors (Lipinski definition) is 0. The number of carbonyl (C=O) groups excluding carboxylic acids is 1. The molecule has 0 bridgehead atoms. The molecule has 0 N–H and O–H groups in total. The predicted molar refractivity (Wildman–Crippen MR) is 104 cm³/mol. The van der Waals surface area contributed by atoms with Crippen molar-refractivity contribution in [3.63, 3.8) is 0 Å². The van der Waals surface area contributed by atoms with Crippen LogP contribution in [0.4, 0.5) is 0 Å². The Bertz CT molecular complexity index is 986. The fraction of sp³-hybridized carbons (Fsp3) is 0.208. The summed E-state index contributed by atoms with van der Waals surface area (Å²) < 4.78 is 10.9. The fourth-order valence-electron chi connectivity index (χ4n) is 3.85. The molecule has 0 atom stereocenters. The number of hydrogen-bond acceptors (Lipinski definition) is 3. The van der Waals surface area contributed by atoms with Gasteiger partial charge in [-0.3, -0.25) is 4.79 Å². The molecule has 1 saturated carbocycles. The zero-order valence-electron chi connectivity index (χ0n) is 15.0. The lowest BCUT2D eigenvalue weighted by molar-refractivity contribution is -0.120. The summed E-state index contributed by atoms with van der Waals surface area (Å²) in [5, 5.41) is 0. The number of ketones is 1. The van der Waals surface area contributed by atoms with Gasteiger partial charge in [-0.05, 0) is 47.2 Å². The molecule has 3 heteroatoms. The number of fused-ring (bicyclic) bond motifs is 1. The van der Waals surface area contributed by atoms with Gasteiger partial charge in [0.2, 0.25) is 6.79 Å². The van der Waals surface area contributed by atoms with Crippen LogP contribution in [0.3, 0.4) is 0 Å². The molecule has 1 heterocycles. The molecular weight excluding hydrogens is 336 g/mol. The topological polar surface area (TPSA) is 35.5 Å². The summed E-state index contributed by atoms with van der Waals surface area (Å²) in [6.07, 6.45) is 2.28. The van der Waals surface area contributed by atoms with Crippen LogP contribution in [0.2, 0.25) is 0 Å². The van der Waals surface area contributed by atoms with Gasteiger partial charge in [0.05, 0.1) is 5.41 Å². The van der Waals surface area contributed by atoms with E-state index in [4.69, 9.17) is 9.47 Å². The number of rotatable bonds is 5. The molecule has 3 aromatic rings. The van der Waals surface area contributed by atoms with E-state index in [0.717, 1.165) is 35.5 Å². The van der Waals surface area contributed by atoms with E-state index in [1.165, 1.54) is 11.1 Å². The van der Waals surface area contributed by atoms with E-state index in [2.05, 4.69) is 36.4 Å². The molecule has 3 aromatic carbocycles. The lowest BCUT2D eigenvalue weighted by atomic mass is 9.87. The van der Waals surface area contributed by atoms with Crippen molar-refractivity contribution in [3.8, 4) is 22.6 Å². The molecule has 0 spiro atoms. The SMILES string of the molecule is O=C(Cc1ccc(-c2ccccc2)cc1)C1(c2ccc3c(c2)OCO3)CC1. The van der Waals surface area contributed by atoms with Crippen LogP contribution in [-0.4, -0.2) is 12.6 Å². The summed E-state index contributed by atoms with van der Waals surface area (Å²) in [5.74, 6) is 1.80. The number of Topliss-reactive ketones (excluding diaryl/α,β-unsaturated/α-hetero) is 1. The maximum absolute atomic E-state index is 13.1. The largest absolute Gasteiger partial charge is 0.454 e. The molecule has 27 heavy (non-hydrogen) atoms. The molecule has 0 saturated heterocycles. The van der Waals surface area contributed by atoms with Crippen molar-refractivity contribution in [2.75, 3.05) is 6.79 Å². The van der Waals surface area contributed by atoms with Crippen LogP contribution in [0.1, 0.15) is 24.0 Å². The average molecular weight is 356 g/mol.